The Bertz CT molecular complexity index is 250. The second kappa shape index (κ2) is 4.10. The summed E-state index contributed by atoms with van der Waals surface area (Å²) >= 11 is 9.22. The lowest BCUT2D eigenvalue weighted by Crippen LogP contribution is -1.91. The summed E-state index contributed by atoms with van der Waals surface area (Å²) in [6, 6.07) is 5.69. The monoisotopic (exact) mass is 234 g/mol. The maximum Gasteiger partial charge on any atom is 0.0580 e. The summed E-state index contributed by atoms with van der Waals surface area (Å²) in [5, 5.41) is 9.36. The minimum atomic E-state index is 0.135. The fourth-order valence-corrected chi connectivity index (χ4v) is 1.49. The molecule has 0 amide bonds. The first-order chi connectivity index (χ1) is 5.25. The van der Waals surface area contributed by atoms with Crippen LogP contribution in [0.3, 0.4) is 0 Å². The minimum Gasteiger partial charge on any atom is -0.396 e. The Labute approximate surface area is 79.1 Å². The van der Waals surface area contributed by atoms with Crippen molar-refractivity contribution in [2.24, 2.45) is 0 Å². The molecule has 0 heterocycles. The summed E-state index contributed by atoms with van der Waals surface area (Å²) < 4.78 is 0.880. The van der Waals surface area contributed by atoms with Gasteiger partial charge in [-0.2, -0.15) is 0 Å². The SMILES string of the molecule is OCCc1cccc(Br)c1Cl. The molecule has 60 valence electrons. The molecule has 0 aliphatic rings. The quantitative estimate of drug-likeness (QED) is 0.835. The first-order valence-corrected chi connectivity index (χ1v) is 4.46. The van der Waals surface area contributed by atoms with Crippen LogP contribution in [0, 0.1) is 0 Å². The van der Waals surface area contributed by atoms with Gasteiger partial charge in [-0.1, -0.05) is 23.7 Å². The third-order valence-corrected chi connectivity index (χ3v) is 2.75. The van der Waals surface area contributed by atoms with Crippen molar-refractivity contribution >= 4 is 27.5 Å². The maximum atomic E-state index is 8.66. The molecule has 1 nitrogen and oxygen atoms in total. The van der Waals surface area contributed by atoms with E-state index in [1.165, 1.54) is 0 Å². The van der Waals surface area contributed by atoms with Crippen LogP contribution in [0.5, 0.6) is 0 Å². The van der Waals surface area contributed by atoms with Crippen LogP contribution in [-0.2, 0) is 6.42 Å². The zero-order valence-electron chi connectivity index (χ0n) is 5.85. The van der Waals surface area contributed by atoms with E-state index in [2.05, 4.69) is 15.9 Å². The van der Waals surface area contributed by atoms with Gasteiger partial charge >= 0.3 is 0 Å². The molecule has 0 aliphatic carbocycles. The molecular formula is C8H8BrClO. The van der Waals surface area contributed by atoms with Gasteiger partial charge in [0.25, 0.3) is 0 Å². The average Bonchev–Trinajstić information content (AvgIpc) is 1.99. The molecule has 0 spiro atoms. The molecule has 0 fully saturated rings. The second-order valence-electron chi connectivity index (χ2n) is 2.19. The minimum absolute atomic E-state index is 0.135. The first-order valence-electron chi connectivity index (χ1n) is 3.29. The van der Waals surface area contributed by atoms with Gasteiger partial charge in [-0.05, 0) is 34.0 Å². The van der Waals surface area contributed by atoms with Gasteiger partial charge in [-0.3, -0.25) is 0 Å². The van der Waals surface area contributed by atoms with Gasteiger partial charge in [0.05, 0.1) is 5.02 Å². The molecule has 0 bridgehead atoms. The van der Waals surface area contributed by atoms with Gasteiger partial charge in [-0.15, -0.1) is 0 Å². The van der Waals surface area contributed by atoms with Crippen molar-refractivity contribution in [1.29, 1.82) is 0 Å². The Morgan fingerprint density at radius 1 is 1.45 bits per heavy atom. The standard InChI is InChI=1S/C8H8BrClO/c9-7-3-1-2-6(4-5-11)8(7)10/h1-3,11H,4-5H2. The van der Waals surface area contributed by atoms with Crippen molar-refractivity contribution < 1.29 is 5.11 Å². The van der Waals surface area contributed by atoms with Crippen LogP contribution < -0.4 is 0 Å². The molecule has 11 heavy (non-hydrogen) atoms. The molecular weight excluding hydrogens is 227 g/mol. The van der Waals surface area contributed by atoms with Crippen LogP contribution in [0.4, 0.5) is 0 Å². The molecule has 3 heteroatoms. The topological polar surface area (TPSA) is 20.2 Å². The summed E-state index contributed by atoms with van der Waals surface area (Å²) in [6.45, 7) is 0.135. The van der Waals surface area contributed by atoms with Gasteiger partial charge in [0.2, 0.25) is 0 Å². The van der Waals surface area contributed by atoms with Crippen molar-refractivity contribution in [2.75, 3.05) is 6.61 Å². The smallest absolute Gasteiger partial charge is 0.0580 e. The highest BCUT2D eigenvalue weighted by atomic mass is 79.9. The Morgan fingerprint density at radius 3 is 2.82 bits per heavy atom. The van der Waals surface area contributed by atoms with Gasteiger partial charge < -0.3 is 5.11 Å². The van der Waals surface area contributed by atoms with Crippen molar-refractivity contribution in [3.05, 3.63) is 33.3 Å². The second-order valence-corrected chi connectivity index (χ2v) is 3.42. The van der Waals surface area contributed by atoms with Crippen LogP contribution in [-0.4, -0.2) is 11.7 Å². The highest BCUT2D eigenvalue weighted by Crippen LogP contribution is 2.25. The van der Waals surface area contributed by atoms with Gasteiger partial charge in [0.15, 0.2) is 0 Å². The van der Waals surface area contributed by atoms with Crippen LogP contribution in [0.1, 0.15) is 5.56 Å². The summed E-state index contributed by atoms with van der Waals surface area (Å²) in [5.41, 5.74) is 0.976. The summed E-state index contributed by atoms with van der Waals surface area (Å²) in [4.78, 5) is 0. The fraction of sp³-hybridized carbons (Fsp3) is 0.250. The number of aliphatic hydroxyl groups is 1. The molecule has 0 saturated heterocycles. The van der Waals surface area contributed by atoms with E-state index in [1.54, 1.807) is 0 Å². The lowest BCUT2D eigenvalue weighted by molar-refractivity contribution is 0.299. The van der Waals surface area contributed by atoms with E-state index < -0.39 is 0 Å². The lowest BCUT2D eigenvalue weighted by atomic mass is 10.2. The van der Waals surface area contributed by atoms with Crippen LogP contribution >= 0.6 is 27.5 Å². The van der Waals surface area contributed by atoms with E-state index in [0.717, 1.165) is 10.0 Å². The number of rotatable bonds is 2. The third kappa shape index (κ3) is 2.19. The zero-order valence-corrected chi connectivity index (χ0v) is 8.19. The predicted molar refractivity (Wildman–Crippen MR) is 49.9 cm³/mol. The molecule has 0 unspecified atom stereocenters. The fourth-order valence-electron chi connectivity index (χ4n) is 0.862. The summed E-state index contributed by atoms with van der Waals surface area (Å²) in [6.07, 6.45) is 0.609. The van der Waals surface area contributed by atoms with Gasteiger partial charge in [-0.25, -0.2) is 0 Å². The molecule has 0 aromatic heterocycles. The van der Waals surface area contributed by atoms with Crippen molar-refractivity contribution in [3.63, 3.8) is 0 Å². The Morgan fingerprint density at radius 2 is 2.18 bits per heavy atom. The Hall–Kier alpha value is -0.0500. The maximum absolute atomic E-state index is 8.66. The molecule has 1 aromatic carbocycles. The third-order valence-electron chi connectivity index (χ3n) is 1.41. The van der Waals surface area contributed by atoms with E-state index in [1.807, 2.05) is 18.2 Å². The highest BCUT2D eigenvalue weighted by Gasteiger charge is 2.01. The summed E-state index contributed by atoms with van der Waals surface area (Å²) in [5.74, 6) is 0. The van der Waals surface area contributed by atoms with Crippen LogP contribution in [0.2, 0.25) is 5.02 Å². The Kier molecular flexibility index (Phi) is 3.37. The number of aliphatic hydroxyl groups excluding tert-OH is 1. The van der Waals surface area contributed by atoms with Crippen LogP contribution in [0.15, 0.2) is 22.7 Å². The molecule has 0 saturated carbocycles. The molecule has 0 atom stereocenters. The van der Waals surface area contributed by atoms with E-state index in [0.29, 0.717) is 11.4 Å². The lowest BCUT2D eigenvalue weighted by Gasteiger charge is -2.02. The van der Waals surface area contributed by atoms with Crippen molar-refractivity contribution in [2.45, 2.75) is 6.42 Å². The van der Waals surface area contributed by atoms with Crippen molar-refractivity contribution in [1.82, 2.24) is 0 Å². The van der Waals surface area contributed by atoms with Gasteiger partial charge in [0.1, 0.15) is 0 Å². The van der Waals surface area contributed by atoms with Crippen LogP contribution in [0.25, 0.3) is 0 Å². The first kappa shape index (κ1) is 9.04. The largest absolute Gasteiger partial charge is 0.396 e. The van der Waals surface area contributed by atoms with E-state index in [9.17, 15) is 0 Å². The van der Waals surface area contributed by atoms with Gasteiger partial charge in [0, 0.05) is 11.1 Å². The molecule has 0 aliphatic heterocycles. The van der Waals surface area contributed by atoms with E-state index in [4.69, 9.17) is 16.7 Å². The molecule has 1 aromatic rings. The molecule has 1 N–H and O–H groups in total. The van der Waals surface area contributed by atoms with E-state index in [-0.39, 0.29) is 6.61 Å². The number of benzene rings is 1. The number of hydrogen-bond donors (Lipinski definition) is 1. The normalized spacial score (nSPS) is 10.1. The molecule has 0 radical (unpaired) electrons. The Balaban J connectivity index is 2.96. The number of hydrogen-bond acceptors (Lipinski definition) is 1. The van der Waals surface area contributed by atoms with E-state index >= 15 is 0 Å². The highest BCUT2D eigenvalue weighted by molar-refractivity contribution is 9.10. The molecule has 1 rings (SSSR count). The average molecular weight is 236 g/mol. The zero-order chi connectivity index (χ0) is 8.27. The van der Waals surface area contributed by atoms with Crippen molar-refractivity contribution in [3.8, 4) is 0 Å². The summed E-state index contributed by atoms with van der Waals surface area (Å²) in [7, 11) is 0. The number of halogens is 2. The predicted octanol–water partition coefficient (Wildman–Crippen LogP) is 2.64.